The van der Waals surface area contributed by atoms with Gasteiger partial charge in [-0.15, -0.1) is 11.3 Å². The van der Waals surface area contributed by atoms with Gasteiger partial charge in [-0.25, -0.2) is 8.42 Å². The Hall–Kier alpha value is -0.890. The van der Waals surface area contributed by atoms with Gasteiger partial charge in [-0.05, 0) is 42.6 Å². The van der Waals surface area contributed by atoms with Crippen LogP contribution in [0, 0.1) is 6.92 Å². The van der Waals surface area contributed by atoms with Crippen LogP contribution in [0.1, 0.15) is 17.4 Å². The molecular formula is C14H17BrN2O2S2. The molecule has 2 aromatic rings. The molecule has 0 bridgehead atoms. The number of nitrogens with one attached hydrogen (secondary N) is 2. The van der Waals surface area contributed by atoms with Gasteiger partial charge < -0.3 is 5.32 Å². The van der Waals surface area contributed by atoms with E-state index in [4.69, 9.17) is 0 Å². The Morgan fingerprint density at radius 1 is 1.29 bits per heavy atom. The third-order valence-electron chi connectivity index (χ3n) is 2.97. The van der Waals surface area contributed by atoms with Crippen molar-refractivity contribution in [3.05, 3.63) is 44.6 Å². The number of sulfonamides is 1. The Kier molecular flexibility index (Phi) is 5.43. The highest BCUT2D eigenvalue weighted by molar-refractivity contribution is 9.10. The lowest BCUT2D eigenvalue weighted by Gasteiger charge is -2.11. The van der Waals surface area contributed by atoms with Gasteiger partial charge in [-0.1, -0.05) is 28.9 Å². The molecule has 0 amide bonds. The van der Waals surface area contributed by atoms with Crippen LogP contribution in [-0.2, 0) is 16.6 Å². The number of hydrogen-bond donors (Lipinski definition) is 2. The number of thiophene rings is 1. The maximum Gasteiger partial charge on any atom is 0.263 e. The molecule has 0 saturated carbocycles. The molecule has 0 aliphatic carbocycles. The second-order valence-corrected chi connectivity index (χ2v) is 8.12. The van der Waals surface area contributed by atoms with Crippen LogP contribution >= 0.6 is 27.3 Å². The van der Waals surface area contributed by atoms with E-state index in [9.17, 15) is 8.42 Å². The molecule has 7 heteroatoms. The number of aryl methyl sites for hydroxylation is 1. The molecule has 0 radical (unpaired) electrons. The van der Waals surface area contributed by atoms with Crippen LogP contribution in [0.4, 0.5) is 5.69 Å². The zero-order valence-corrected chi connectivity index (χ0v) is 15.0. The van der Waals surface area contributed by atoms with Gasteiger partial charge in [0.25, 0.3) is 10.0 Å². The number of benzene rings is 1. The van der Waals surface area contributed by atoms with Gasteiger partial charge in [0.15, 0.2) is 0 Å². The molecule has 1 aromatic carbocycles. The zero-order valence-electron chi connectivity index (χ0n) is 11.8. The van der Waals surface area contributed by atoms with Crippen molar-refractivity contribution in [3.63, 3.8) is 0 Å². The molecule has 0 spiro atoms. The Labute approximate surface area is 137 Å². The van der Waals surface area contributed by atoms with Gasteiger partial charge in [0, 0.05) is 15.9 Å². The number of halogens is 1. The molecule has 2 rings (SSSR count). The van der Waals surface area contributed by atoms with Crippen molar-refractivity contribution >= 4 is 43.0 Å². The number of rotatable bonds is 6. The molecule has 21 heavy (non-hydrogen) atoms. The van der Waals surface area contributed by atoms with Gasteiger partial charge in [-0.3, -0.25) is 4.72 Å². The summed E-state index contributed by atoms with van der Waals surface area (Å²) in [5.74, 6) is 0. The van der Waals surface area contributed by atoms with Gasteiger partial charge >= 0.3 is 0 Å². The monoisotopic (exact) mass is 388 g/mol. The van der Waals surface area contributed by atoms with E-state index in [1.54, 1.807) is 17.5 Å². The average molecular weight is 389 g/mol. The minimum absolute atomic E-state index is 0.341. The van der Waals surface area contributed by atoms with Crippen molar-refractivity contribution in [2.75, 3.05) is 11.3 Å². The molecule has 0 atom stereocenters. The SMILES string of the molecule is CCNCc1sccc1S(=O)(=O)Nc1cc(Br)ccc1C. The fourth-order valence-corrected chi connectivity index (χ4v) is 4.74. The van der Waals surface area contributed by atoms with Crippen molar-refractivity contribution in [1.82, 2.24) is 5.32 Å². The summed E-state index contributed by atoms with van der Waals surface area (Å²) in [5.41, 5.74) is 1.47. The van der Waals surface area contributed by atoms with Gasteiger partial charge in [-0.2, -0.15) is 0 Å². The molecule has 0 fully saturated rings. The van der Waals surface area contributed by atoms with Crippen molar-refractivity contribution in [2.24, 2.45) is 0 Å². The van der Waals surface area contributed by atoms with E-state index in [2.05, 4.69) is 26.0 Å². The average Bonchev–Trinajstić information content (AvgIpc) is 2.89. The normalized spacial score (nSPS) is 11.6. The summed E-state index contributed by atoms with van der Waals surface area (Å²) in [6.07, 6.45) is 0. The van der Waals surface area contributed by atoms with Gasteiger partial charge in [0.1, 0.15) is 4.90 Å². The fourth-order valence-electron chi connectivity index (χ4n) is 1.84. The van der Waals surface area contributed by atoms with E-state index in [0.717, 1.165) is 21.5 Å². The van der Waals surface area contributed by atoms with Gasteiger partial charge in [0.05, 0.1) is 5.69 Å². The minimum Gasteiger partial charge on any atom is -0.312 e. The fraction of sp³-hybridized carbons (Fsp3) is 0.286. The maximum atomic E-state index is 12.6. The lowest BCUT2D eigenvalue weighted by atomic mass is 10.2. The molecular weight excluding hydrogens is 372 g/mol. The highest BCUT2D eigenvalue weighted by atomic mass is 79.9. The van der Waals surface area contributed by atoms with Crippen LogP contribution in [0.3, 0.4) is 0 Å². The maximum absolute atomic E-state index is 12.6. The highest BCUT2D eigenvalue weighted by Crippen LogP contribution is 2.27. The van der Waals surface area contributed by atoms with Crippen molar-refractivity contribution in [3.8, 4) is 0 Å². The molecule has 114 valence electrons. The summed E-state index contributed by atoms with van der Waals surface area (Å²) < 4.78 is 28.6. The van der Waals surface area contributed by atoms with Crippen LogP contribution < -0.4 is 10.0 Å². The summed E-state index contributed by atoms with van der Waals surface area (Å²) in [6, 6.07) is 7.17. The molecule has 0 unspecified atom stereocenters. The number of anilines is 1. The first-order valence-electron chi connectivity index (χ1n) is 6.50. The Morgan fingerprint density at radius 2 is 2.05 bits per heavy atom. The third kappa shape index (κ3) is 4.06. The Balaban J connectivity index is 2.30. The minimum atomic E-state index is -3.57. The predicted molar refractivity (Wildman–Crippen MR) is 91.4 cm³/mol. The molecule has 1 heterocycles. The summed E-state index contributed by atoms with van der Waals surface area (Å²) in [6.45, 7) is 5.22. The van der Waals surface area contributed by atoms with E-state index in [-0.39, 0.29) is 0 Å². The van der Waals surface area contributed by atoms with Crippen LogP contribution in [0.25, 0.3) is 0 Å². The standard InChI is InChI=1S/C14H17BrN2O2S2/c1-3-16-9-13-14(6-7-20-13)21(18,19)17-12-8-11(15)5-4-10(12)2/h4-8,16-17H,3,9H2,1-2H3. The largest absolute Gasteiger partial charge is 0.312 e. The van der Waals surface area contributed by atoms with Crippen LogP contribution in [-0.4, -0.2) is 15.0 Å². The second-order valence-electron chi connectivity index (χ2n) is 4.55. The zero-order chi connectivity index (χ0) is 15.5. The van der Waals surface area contributed by atoms with Crippen LogP contribution in [0.2, 0.25) is 0 Å². The molecule has 1 aromatic heterocycles. The van der Waals surface area contributed by atoms with E-state index < -0.39 is 10.0 Å². The van der Waals surface area contributed by atoms with Crippen molar-refractivity contribution in [2.45, 2.75) is 25.3 Å². The molecule has 2 N–H and O–H groups in total. The Morgan fingerprint density at radius 3 is 2.76 bits per heavy atom. The second kappa shape index (κ2) is 6.91. The van der Waals surface area contributed by atoms with Crippen molar-refractivity contribution in [1.29, 1.82) is 0 Å². The number of hydrogen-bond acceptors (Lipinski definition) is 4. The first kappa shape index (κ1) is 16.5. The summed E-state index contributed by atoms with van der Waals surface area (Å²) in [5, 5.41) is 4.96. The van der Waals surface area contributed by atoms with E-state index in [1.165, 1.54) is 11.3 Å². The Bertz CT molecular complexity index is 726. The lowest BCUT2D eigenvalue weighted by molar-refractivity contribution is 0.599. The van der Waals surface area contributed by atoms with E-state index in [0.29, 0.717) is 17.1 Å². The summed E-state index contributed by atoms with van der Waals surface area (Å²) in [7, 11) is -3.57. The van der Waals surface area contributed by atoms with Gasteiger partial charge in [0.2, 0.25) is 0 Å². The van der Waals surface area contributed by atoms with E-state index >= 15 is 0 Å². The highest BCUT2D eigenvalue weighted by Gasteiger charge is 2.20. The molecule has 0 saturated heterocycles. The summed E-state index contributed by atoms with van der Waals surface area (Å²) >= 11 is 4.80. The quantitative estimate of drug-likeness (QED) is 0.792. The van der Waals surface area contributed by atoms with Crippen LogP contribution in [0.5, 0.6) is 0 Å². The van der Waals surface area contributed by atoms with Crippen molar-refractivity contribution < 1.29 is 8.42 Å². The van der Waals surface area contributed by atoms with E-state index in [1.807, 2.05) is 26.0 Å². The smallest absolute Gasteiger partial charge is 0.263 e. The summed E-state index contributed by atoms with van der Waals surface area (Å²) in [4.78, 5) is 1.16. The lowest BCUT2D eigenvalue weighted by Crippen LogP contribution is -2.17. The first-order chi connectivity index (χ1) is 9.94. The molecule has 4 nitrogen and oxygen atoms in total. The predicted octanol–water partition coefficient (Wildman–Crippen LogP) is 3.73. The molecule has 0 aliphatic heterocycles. The topological polar surface area (TPSA) is 58.2 Å². The first-order valence-corrected chi connectivity index (χ1v) is 9.65. The molecule has 0 aliphatic rings. The van der Waals surface area contributed by atoms with Crippen LogP contribution in [0.15, 0.2) is 39.0 Å². The third-order valence-corrected chi connectivity index (χ3v) is 5.97.